The van der Waals surface area contributed by atoms with Crippen LogP contribution in [-0.4, -0.2) is 19.1 Å². The van der Waals surface area contributed by atoms with Crippen LogP contribution in [-0.2, 0) is 16.8 Å². The number of ether oxygens (including phenoxy) is 2. The molecule has 1 amide bonds. The molecule has 0 atom stereocenters. The van der Waals surface area contributed by atoms with E-state index in [1.807, 2.05) is 6.07 Å². The summed E-state index contributed by atoms with van der Waals surface area (Å²) in [5.41, 5.74) is 0.776. The predicted molar refractivity (Wildman–Crippen MR) is 98.3 cm³/mol. The zero-order valence-corrected chi connectivity index (χ0v) is 15.5. The fraction of sp³-hybridized carbons (Fsp3) is 0.350. The molecular weight excluding hydrogens is 357 g/mol. The van der Waals surface area contributed by atoms with Crippen molar-refractivity contribution >= 4 is 17.5 Å². The molecule has 1 aliphatic heterocycles. The van der Waals surface area contributed by atoms with Crippen molar-refractivity contribution in [3.63, 3.8) is 0 Å². The zero-order valence-electron chi connectivity index (χ0n) is 14.8. The quantitative estimate of drug-likeness (QED) is 0.867. The van der Waals surface area contributed by atoms with Crippen LogP contribution in [0.1, 0.15) is 31.4 Å². The van der Waals surface area contributed by atoms with Crippen LogP contribution in [0.15, 0.2) is 36.4 Å². The molecule has 0 aliphatic carbocycles. The number of hydrogen-bond acceptors (Lipinski definition) is 3. The molecule has 0 aromatic heterocycles. The van der Waals surface area contributed by atoms with Gasteiger partial charge in [-0.05, 0) is 49.2 Å². The number of nitrogens with one attached hydrogen (secondary N) is 1. The van der Waals surface area contributed by atoms with Crippen molar-refractivity contribution in [2.45, 2.75) is 32.2 Å². The standard InChI is InChI=1S/C20H21ClFNO3/c1-20(2,14-4-6-15(22)7-5-14)19(24)23-12-13-10-16(21)18-17(11-13)25-8-3-9-26-18/h4-7,10-11H,3,8-9,12H2,1-2H3,(H,23,24). The van der Waals surface area contributed by atoms with Gasteiger partial charge in [0, 0.05) is 13.0 Å². The number of rotatable bonds is 4. The molecule has 0 bridgehead atoms. The average Bonchev–Trinajstić information content (AvgIpc) is 2.86. The van der Waals surface area contributed by atoms with Crippen LogP contribution in [0.5, 0.6) is 11.5 Å². The highest BCUT2D eigenvalue weighted by Gasteiger charge is 2.29. The van der Waals surface area contributed by atoms with Crippen molar-refractivity contribution in [1.82, 2.24) is 5.32 Å². The molecule has 2 aromatic rings. The molecule has 6 heteroatoms. The van der Waals surface area contributed by atoms with Gasteiger partial charge in [-0.3, -0.25) is 4.79 Å². The van der Waals surface area contributed by atoms with E-state index in [0.717, 1.165) is 17.5 Å². The molecule has 26 heavy (non-hydrogen) atoms. The monoisotopic (exact) mass is 377 g/mol. The number of benzene rings is 2. The molecule has 0 fully saturated rings. The Bertz CT molecular complexity index is 805. The van der Waals surface area contributed by atoms with E-state index >= 15 is 0 Å². The van der Waals surface area contributed by atoms with Crippen LogP contribution in [0.25, 0.3) is 0 Å². The third kappa shape index (κ3) is 3.93. The van der Waals surface area contributed by atoms with Crippen LogP contribution < -0.4 is 14.8 Å². The Balaban J connectivity index is 1.72. The zero-order chi connectivity index (χ0) is 18.7. The summed E-state index contributed by atoms with van der Waals surface area (Å²) < 4.78 is 24.4. The van der Waals surface area contributed by atoms with Crippen LogP contribution in [0.2, 0.25) is 5.02 Å². The molecule has 0 saturated heterocycles. The maximum absolute atomic E-state index is 13.1. The molecule has 0 saturated carbocycles. The molecule has 1 aliphatic rings. The Kier molecular flexibility index (Phi) is 5.37. The van der Waals surface area contributed by atoms with Gasteiger partial charge >= 0.3 is 0 Å². The fourth-order valence-corrected chi connectivity index (χ4v) is 3.08. The predicted octanol–water partition coefficient (Wildman–Crippen LogP) is 4.23. The number of hydrogen-bond donors (Lipinski definition) is 1. The van der Waals surface area contributed by atoms with Crippen molar-refractivity contribution in [3.8, 4) is 11.5 Å². The number of carbonyl (C=O) groups is 1. The summed E-state index contributed by atoms with van der Waals surface area (Å²) >= 11 is 6.28. The molecule has 3 rings (SSSR count). The lowest BCUT2D eigenvalue weighted by Gasteiger charge is -2.24. The van der Waals surface area contributed by atoms with Crippen LogP contribution in [0.3, 0.4) is 0 Å². The highest BCUT2D eigenvalue weighted by atomic mass is 35.5. The third-order valence-electron chi connectivity index (χ3n) is 4.45. The van der Waals surface area contributed by atoms with E-state index in [-0.39, 0.29) is 11.7 Å². The number of halogens is 2. The topological polar surface area (TPSA) is 47.6 Å². The Morgan fingerprint density at radius 3 is 2.62 bits per heavy atom. The summed E-state index contributed by atoms with van der Waals surface area (Å²) in [4.78, 5) is 12.7. The van der Waals surface area contributed by atoms with Crippen molar-refractivity contribution in [3.05, 3.63) is 58.4 Å². The third-order valence-corrected chi connectivity index (χ3v) is 4.73. The molecule has 0 unspecified atom stereocenters. The van der Waals surface area contributed by atoms with Gasteiger partial charge in [-0.1, -0.05) is 23.7 Å². The summed E-state index contributed by atoms with van der Waals surface area (Å²) in [6.45, 7) is 5.04. The van der Waals surface area contributed by atoms with E-state index in [0.29, 0.717) is 36.3 Å². The van der Waals surface area contributed by atoms with Gasteiger partial charge in [0.1, 0.15) is 5.82 Å². The maximum atomic E-state index is 13.1. The van der Waals surface area contributed by atoms with Crippen LogP contribution in [0, 0.1) is 5.82 Å². The Morgan fingerprint density at radius 2 is 1.88 bits per heavy atom. The van der Waals surface area contributed by atoms with Gasteiger partial charge in [0.25, 0.3) is 0 Å². The Hall–Kier alpha value is -2.27. The average molecular weight is 378 g/mol. The van der Waals surface area contributed by atoms with Crippen molar-refractivity contribution in [1.29, 1.82) is 0 Å². The second kappa shape index (κ2) is 7.54. The van der Waals surface area contributed by atoms with E-state index in [9.17, 15) is 9.18 Å². The van der Waals surface area contributed by atoms with Crippen molar-refractivity contribution < 1.29 is 18.7 Å². The lowest BCUT2D eigenvalue weighted by molar-refractivity contribution is -0.125. The first kappa shape index (κ1) is 18.5. The molecule has 138 valence electrons. The minimum absolute atomic E-state index is 0.160. The van der Waals surface area contributed by atoms with Gasteiger partial charge in [0.15, 0.2) is 11.5 Å². The number of amides is 1. The molecule has 1 N–H and O–H groups in total. The minimum atomic E-state index is -0.789. The summed E-state index contributed by atoms with van der Waals surface area (Å²) in [7, 11) is 0. The second-order valence-corrected chi connectivity index (χ2v) is 7.18. The summed E-state index contributed by atoms with van der Waals surface area (Å²) in [5.74, 6) is 0.655. The summed E-state index contributed by atoms with van der Waals surface area (Å²) in [6.07, 6.45) is 0.795. The number of fused-ring (bicyclic) bond motifs is 1. The highest BCUT2D eigenvalue weighted by molar-refractivity contribution is 6.32. The first-order valence-corrected chi connectivity index (χ1v) is 8.88. The SMILES string of the molecule is CC(C)(C(=O)NCc1cc(Cl)c2c(c1)OCCCO2)c1ccc(F)cc1. The van der Waals surface area contributed by atoms with E-state index in [1.54, 1.807) is 32.0 Å². The van der Waals surface area contributed by atoms with Crippen LogP contribution >= 0.6 is 11.6 Å². The second-order valence-electron chi connectivity index (χ2n) is 6.77. The first-order chi connectivity index (χ1) is 12.4. The summed E-state index contributed by atoms with van der Waals surface area (Å²) in [5, 5.41) is 3.38. The van der Waals surface area contributed by atoms with Gasteiger partial charge in [-0.25, -0.2) is 4.39 Å². The van der Waals surface area contributed by atoms with Gasteiger partial charge in [0.05, 0.1) is 23.7 Å². The minimum Gasteiger partial charge on any atom is -0.489 e. The lowest BCUT2D eigenvalue weighted by Crippen LogP contribution is -2.39. The van der Waals surface area contributed by atoms with Gasteiger partial charge in [0.2, 0.25) is 5.91 Å². The number of carbonyl (C=O) groups excluding carboxylic acids is 1. The molecule has 2 aromatic carbocycles. The molecule has 4 nitrogen and oxygen atoms in total. The van der Waals surface area contributed by atoms with Gasteiger partial charge in [-0.2, -0.15) is 0 Å². The molecule has 0 spiro atoms. The highest BCUT2D eigenvalue weighted by Crippen LogP contribution is 2.38. The van der Waals surface area contributed by atoms with E-state index in [1.165, 1.54) is 12.1 Å². The maximum Gasteiger partial charge on any atom is 0.230 e. The van der Waals surface area contributed by atoms with E-state index in [4.69, 9.17) is 21.1 Å². The van der Waals surface area contributed by atoms with Crippen molar-refractivity contribution in [2.75, 3.05) is 13.2 Å². The van der Waals surface area contributed by atoms with E-state index < -0.39 is 5.41 Å². The fourth-order valence-electron chi connectivity index (χ4n) is 2.79. The Morgan fingerprint density at radius 1 is 1.19 bits per heavy atom. The molecular formula is C20H21ClFNO3. The smallest absolute Gasteiger partial charge is 0.230 e. The van der Waals surface area contributed by atoms with E-state index in [2.05, 4.69) is 5.32 Å². The first-order valence-electron chi connectivity index (χ1n) is 8.50. The molecule has 1 heterocycles. The largest absolute Gasteiger partial charge is 0.489 e. The normalized spacial score (nSPS) is 13.8. The van der Waals surface area contributed by atoms with Gasteiger partial charge in [-0.15, -0.1) is 0 Å². The molecule has 0 radical (unpaired) electrons. The van der Waals surface area contributed by atoms with Gasteiger partial charge < -0.3 is 14.8 Å². The van der Waals surface area contributed by atoms with Crippen LogP contribution in [0.4, 0.5) is 4.39 Å². The lowest BCUT2D eigenvalue weighted by atomic mass is 9.83. The summed E-state index contributed by atoms with van der Waals surface area (Å²) in [6, 6.07) is 9.55. The van der Waals surface area contributed by atoms with Crippen molar-refractivity contribution in [2.24, 2.45) is 0 Å². The Labute approximate surface area is 157 Å².